The van der Waals surface area contributed by atoms with Crippen molar-refractivity contribution in [3.05, 3.63) is 48.7 Å². The van der Waals surface area contributed by atoms with Gasteiger partial charge in [-0.05, 0) is 30.5 Å². The van der Waals surface area contributed by atoms with Gasteiger partial charge >= 0.3 is 0 Å². The van der Waals surface area contributed by atoms with E-state index >= 15 is 0 Å². The summed E-state index contributed by atoms with van der Waals surface area (Å²) in [5, 5.41) is 8.88. The Morgan fingerprint density at radius 1 is 1.23 bits per heavy atom. The molecule has 0 unspecified atom stereocenters. The predicted molar refractivity (Wildman–Crippen MR) is 83.9 cm³/mol. The number of nitrogens with zero attached hydrogens (tertiary/aromatic N) is 5. The summed E-state index contributed by atoms with van der Waals surface area (Å²) in [6.45, 7) is 0. The molecule has 3 aromatic heterocycles. The molecule has 7 heteroatoms. The lowest BCUT2D eigenvalue weighted by atomic mass is 10.3. The molecular weight excluding hydrogens is 298 g/mol. The Morgan fingerprint density at radius 2 is 2.18 bits per heavy atom. The number of furan rings is 1. The summed E-state index contributed by atoms with van der Waals surface area (Å²) in [7, 11) is 0. The van der Waals surface area contributed by atoms with E-state index in [2.05, 4.69) is 20.3 Å². The molecule has 6 nitrogen and oxygen atoms in total. The topological polar surface area (TPSA) is 69.6 Å². The first-order chi connectivity index (χ1) is 11.2. The first kappa shape index (κ1) is 11.9. The van der Waals surface area contributed by atoms with Crippen molar-refractivity contribution < 1.29 is 5.79 Å². The van der Waals surface area contributed by atoms with Crippen LogP contribution in [0.1, 0.15) is 1.37 Å². The highest BCUT2D eigenvalue weighted by molar-refractivity contribution is 7.98. The molecule has 3 heterocycles. The van der Waals surface area contributed by atoms with Crippen molar-refractivity contribution >= 4 is 22.8 Å². The summed E-state index contributed by atoms with van der Waals surface area (Å²) in [5.74, 6) is 1.28. The van der Waals surface area contributed by atoms with Crippen molar-refractivity contribution in [1.29, 1.82) is 0 Å². The lowest BCUT2D eigenvalue weighted by Crippen LogP contribution is -2.03. The number of rotatable bonds is 3. The molecule has 0 N–H and O–H groups in total. The van der Waals surface area contributed by atoms with Crippen molar-refractivity contribution in [2.75, 3.05) is 6.26 Å². The highest BCUT2D eigenvalue weighted by Crippen LogP contribution is 2.24. The van der Waals surface area contributed by atoms with E-state index in [-0.39, 0.29) is 0 Å². The molecule has 0 aliphatic heterocycles. The third-order valence-corrected chi connectivity index (χ3v) is 3.70. The first-order valence-electron chi connectivity index (χ1n) is 7.04. The highest BCUT2D eigenvalue weighted by Gasteiger charge is 2.12. The van der Waals surface area contributed by atoms with E-state index in [9.17, 15) is 0 Å². The van der Waals surface area contributed by atoms with Crippen LogP contribution in [-0.4, -0.2) is 31.2 Å². The number of aromatic nitrogens is 5. The number of hydrogen-bond acceptors (Lipinski definition) is 6. The Kier molecular flexibility index (Phi) is 2.86. The van der Waals surface area contributed by atoms with Gasteiger partial charge in [-0.25, -0.2) is 9.97 Å². The number of benzene rings is 1. The van der Waals surface area contributed by atoms with Crippen LogP contribution in [0, 0.1) is 0 Å². The molecule has 4 aromatic rings. The predicted octanol–water partition coefficient (Wildman–Crippen LogP) is 3.19. The maximum atomic E-state index is 7.67. The smallest absolute Gasteiger partial charge is 0.190 e. The minimum atomic E-state index is 0.397. The largest absolute Gasteiger partial charge is 0.463 e. The molecule has 22 heavy (non-hydrogen) atoms. The molecule has 1 aromatic carbocycles. The lowest BCUT2D eigenvalue weighted by molar-refractivity contribution is 0.578. The third-order valence-electron chi connectivity index (χ3n) is 3.16. The van der Waals surface area contributed by atoms with Gasteiger partial charge in [-0.1, -0.05) is 29.1 Å². The molecule has 108 valence electrons. The standard InChI is InChI=1S/C15H11N5OS/c1-22-15-16-11(13-7-4-8-21-13)9-14(17-15)20-12-6-3-2-5-10(12)18-19-20/h2-9H,1H3/i2D. The van der Waals surface area contributed by atoms with Crippen molar-refractivity contribution in [2.45, 2.75) is 5.16 Å². The molecule has 0 bridgehead atoms. The Morgan fingerprint density at radius 3 is 3.00 bits per heavy atom. The van der Waals surface area contributed by atoms with Crippen LogP contribution in [-0.2, 0) is 0 Å². The SMILES string of the molecule is [2H]c1ccc2c(c1)nnn2-c1cc(-c2ccco2)nc(SC)n1. The Bertz CT molecular complexity index is 983. The van der Waals surface area contributed by atoms with Crippen molar-refractivity contribution in [1.82, 2.24) is 25.0 Å². The van der Waals surface area contributed by atoms with Crippen LogP contribution in [0.25, 0.3) is 28.3 Å². The number of thioether (sulfide) groups is 1. The molecule has 0 saturated heterocycles. The van der Waals surface area contributed by atoms with E-state index in [1.165, 1.54) is 11.8 Å². The number of para-hydroxylation sites is 1. The van der Waals surface area contributed by atoms with Gasteiger partial charge in [0.15, 0.2) is 16.7 Å². The maximum Gasteiger partial charge on any atom is 0.190 e. The quantitative estimate of drug-likeness (QED) is 0.427. The highest BCUT2D eigenvalue weighted by atomic mass is 32.2. The fourth-order valence-electron chi connectivity index (χ4n) is 2.15. The molecule has 4 rings (SSSR count). The summed E-state index contributed by atoms with van der Waals surface area (Å²) in [6, 6.07) is 11.0. The van der Waals surface area contributed by atoms with Gasteiger partial charge in [-0.2, -0.15) is 4.68 Å². The molecule has 0 radical (unpaired) electrons. The minimum Gasteiger partial charge on any atom is -0.463 e. The van der Waals surface area contributed by atoms with Crippen LogP contribution in [0.4, 0.5) is 0 Å². The zero-order valence-corrected chi connectivity index (χ0v) is 12.4. The zero-order chi connectivity index (χ0) is 15.8. The summed E-state index contributed by atoms with van der Waals surface area (Å²) in [6.07, 6.45) is 3.52. The van der Waals surface area contributed by atoms with Gasteiger partial charge in [0.25, 0.3) is 0 Å². The number of hydrogen-bond donors (Lipinski definition) is 0. The Hall–Kier alpha value is -2.67. The van der Waals surface area contributed by atoms with Crippen LogP contribution >= 0.6 is 11.8 Å². The third kappa shape index (κ3) is 2.15. The van der Waals surface area contributed by atoms with Crippen LogP contribution in [0.2, 0.25) is 0 Å². The van der Waals surface area contributed by atoms with Crippen molar-refractivity contribution in [2.24, 2.45) is 0 Å². The summed E-state index contributed by atoms with van der Waals surface area (Å²) >= 11 is 1.44. The van der Waals surface area contributed by atoms with E-state index < -0.39 is 0 Å². The van der Waals surface area contributed by atoms with Gasteiger partial charge in [0.1, 0.15) is 11.2 Å². The average Bonchev–Trinajstić information content (AvgIpc) is 3.23. The molecule has 0 amide bonds. The van der Waals surface area contributed by atoms with Gasteiger partial charge in [0.2, 0.25) is 0 Å². The lowest BCUT2D eigenvalue weighted by Gasteiger charge is -2.05. The summed E-state index contributed by atoms with van der Waals surface area (Å²) < 4.78 is 14.7. The van der Waals surface area contributed by atoms with Gasteiger partial charge in [0, 0.05) is 6.07 Å². The second-order valence-electron chi connectivity index (χ2n) is 4.49. The van der Waals surface area contributed by atoms with E-state index in [1.54, 1.807) is 29.1 Å². The van der Waals surface area contributed by atoms with Gasteiger partial charge < -0.3 is 4.42 Å². The van der Waals surface area contributed by atoms with Gasteiger partial charge in [-0.3, -0.25) is 0 Å². The molecule has 0 spiro atoms. The second-order valence-corrected chi connectivity index (χ2v) is 5.26. The average molecular weight is 310 g/mol. The van der Waals surface area contributed by atoms with Crippen LogP contribution in [0.3, 0.4) is 0 Å². The van der Waals surface area contributed by atoms with Crippen LogP contribution in [0.5, 0.6) is 0 Å². The second kappa shape index (κ2) is 5.27. The zero-order valence-electron chi connectivity index (χ0n) is 12.6. The minimum absolute atomic E-state index is 0.397. The molecule has 0 aliphatic rings. The van der Waals surface area contributed by atoms with E-state index in [0.29, 0.717) is 34.0 Å². The van der Waals surface area contributed by atoms with Crippen molar-refractivity contribution in [3.8, 4) is 17.3 Å². The molecule has 0 aliphatic carbocycles. The van der Waals surface area contributed by atoms with Crippen LogP contribution in [0.15, 0.2) is 58.3 Å². The molecular formula is C15H11N5OS. The molecule has 0 atom stereocenters. The Labute approximate surface area is 131 Å². The number of fused-ring (bicyclic) bond motifs is 1. The van der Waals surface area contributed by atoms with E-state index in [4.69, 9.17) is 5.79 Å². The fourth-order valence-corrected chi connectivity index (χ4v) is 2.52. The van der Waals surface area contributed by atoms with Gasteiger partial charge in [0.05, 0.1) is 13.2 Å². The van der Waals surface area contributed by atoms with E-state index in [0.717, 1.165) is 5.52 Å². The normalized spacial score (nSPS) is 11.8. The maximum absolute atomic E-state index is 7.67. The monoisotopic (exact) mass is 310 g/mol. The summed E-state index contributed by atoms with van der Waals surface area (Å²) in [5.41, 5.74) is 2.13. The van der Waals surface area contributed by atoms with Crippen LogP contribution < -0.4 is 0 Å². The van der Waals surface area contributed by atoms with Gasteiger partial charge in [-0.15, -0.1) is 5.10 Å². The first-order valence-corrected chi connectivity index (χ1v) is 7.76. The fraction of sp³-hybridized carbons (Fsp3) is 0.0667. The van der Waals surface area contributed by atoms with E-state index in [1.807, 2.05) is 24.5 Å². The van der Waals surface area contributed by atoms with Crippen molar-refractivity contribution in [3.63, 3.8) is 0 Å². The molecule has 0 saturated carbocycles. The summed E-state index contributed by atoms with van der Waals surface area (Å²) in [4.78, 5) is 8.97. The Balaban J connectivity index is 1.92. The molecule has 0 fully saturated rings.